The molecule has 1 aromatic heterocycles. The van der Waals surface area contributed by atoms with E-state index >= 15 is 0 Å². The zero-order valence-electron chi connectivity index (χ0n) is 14.2. The number of nitrogens with one attached hydrogen (secondary N) is 1. The van der Waals surface area contributed by atoms with E-state index in [9.17, 15) is 4.79 Å². The van der Waals surface area contributed by atoms with Gasteiger partial charge in [0.15, 0.2) is 0 Å². The van der Waals surface area contributed by atoms with Crippen molar-refractivity contribution in [2.75, 3.05) is 0 Å². The topological polar surface area (TPSA) is 59.3 Å². The van der Waals surface area contributed by atoms with Gasteiger partial charge < -0.3 is 9.88 Å². The normalized spacial score (nSPS) is 15.4. The lowest BCUT2D eigenvalue weighted by atomic mass is 9.87. The molecule has 0 bridgehead atoms. The van der Waals surface area contributed by atoms with Gasteiger partial charge in [0.2, 0.25) is 5.91 Å². The summed E-state index contributed by atoms with van der Waals surface area (Å²) in [5, 5.41) is 3.07. The maximum atomic E-state index is 12.4. The van der Waals surface area contributed by atoms with Gasteiger partial charge in [-0.1, -0.05) is 34.6 Å². The molecule has 1 heterocycles. The standard InChI is InChI=1S/C16H28N4O/c1-11(2)14(15(21)19-12(3)16(4,5)6)18-10-13-17-8-9-20(13)7/h8-12,14H,1-7H3,(H,19,21)/b18-10+/t12-,14?/m1/s1. The fourth-order valence-electron chi connectivity index (χ4n) is 1.71. The highest BCUT2D eigenvalue weighted by atomic mass is 16.2. The molecule has 1 rings (SSSR count). The van der Waals surface area contributed by atoms with Crippen molar-refractivity contribution in [2.24, 2.45) is 23.4 Å². The number of aryl methyl sites for hydroxylation is 1. The fraction of sp³-hybridized carbons (Fsp3) is 0.688. The summed E-state index contributed by atoms with van der Waals surface area (Å²) >= 11 is 0. The predicted octanol–water partition coefficient (Wildman–Crippen LogP) is 2.41. The second kappa shape index (κ2) is 6.87. The van der Waals surface area contributed by atoms with Crippen LogP contribution < -0.4 is 5.32 Å². The first kappa shape index (κ1) is 17.4. The fourth-order valence-corrected chi connectivity index (χ4v) is 1.71. The summed E-state index contributed by atoms with van der Waals surface area (Å²) in [4.78, 5) is 21.1. The van der Waals surface area contributed by atoms with Crippen molar-refractivity contribution in [2.45, 2.75) is 53.6 Å². The highest BCUT2D eigenvalue weighted by molar-refractivity contribution is 5.85. The number of aliphatic imine (C=N–C) groups is 1. The molecule has 0 saturated carbocycles. The molecule has 1 amide bonds. The molecule has 21 heavy (non-hydrogen) atoms. The number of hydrogen-bond donors (Lipinski definition) is 1. The summed E-state index contributed by atoms with van der Waals surface area (Å²) in [5.41, 5.74) is 0.0284. The van der Waals surface area contributed by atoms with Gasteiger partial charge in [0.05, 0.1) is 6.21 Å². The minimum atomic E-state index is -0.397. The van der Waals surface area contributed by atoms with Crippen LogP contribution in [0.2, 0.25) is 0 Å². The van der Waals surface area contributed by atoms with Gasteiger partial charge in [-0.3, -0.25) is 9.79 Å². The highest BCUT2D eigenvalue weighted by Crippen LogP contribution is 2.19. The van der Waals surface area contributed by atoms with Crippen molar-refractivity contribution in [3.05, 3.63) is 18.2 Å². The van der Waals surface area contributed by atoms with Crippen LogP contribution >= 0.6 is 0 Å². The zero-order chi connectivity index (χ0) is 16.2. The molecule has 1 unspecified atom stereocenters. The Bertz CT molecular complexity index is 497. The molecule has 5 nitrogen and oxygen atoms in total. The van der Waals surface area contributed by atoms with Crippen LogP contribution in [0.15, 0.2) is 17.4 Å². The molecular formula is C16H28N4O. The second-order valence-corrected chi connectivity index (χ2v) is 6.96. The molecule has 1 N–H and O–H groups in total. The zero-order valence-corrected chi connectivity index (χ0v) is 14.2. The van der Waals surface area contributed by atoms with Crippen LogP contribution in [0.25, 0.3) is 0 Å². The van der Waals surface area contributed by atoms with Crippen molar-refractivity contribution in [1.29, 1.82) is 0 Å². The van der Waals surface area contributed by atoms with Gasteiger partial charge in [-0.25, -0.2) is 4.98 Å². The summed E-state index contributed by atoms with van der Waals surface area (Å²) in [6.45, 7) is 12.4. The third-order valence-corrected chi connectivity index (χ3v) is 3.77. The monoisotopic (exact) mass is 292 g/mol. The van der Waals surface area contributed by atoms with E-state index in [0.29, 0.717) is 0 Å². The van der Waals surface area contributed by atoms with E-state index in [1.54, 1.807) is 12.4 Å². The minimum absolute atomic E-state index is 0.0284. The van der Waals surface area contributed by atoms with Crippen molar-refractivity contribution in [1.82, 2.24) is 14.9 Å². The molecule has 5 heteroatoms. The van der Waals surface area contributed by atoms with Crippen LogP contribution in [0.4, 0.5) is 0 Å². The highest BCUT2D eigenvalue weighted by Gasteiger charge is 2.27. The molecule has 118 valence electrons. The Kier molecular flexibility index (Phi) is 5.70. The van der Waals surface area contributed by atoms with Crippen LogP contribution in [0.5, 0.6) is 0 Å². The Morgan fingerprint density at radius 3 is 2.43 bits per heavy atom. The molecule has 0 aliphatic heterocycles. The SMILES string of the molecule is CC(C)C(/N=C/c1nccn1C)C(=O)N[C@H](C)C(C)(C)C. The number of amides is 1. The number of aromatic nitrogens is 2. The summed E-state index contributed by atoms with van der Waals surface area (Å²) < 4.78 is 1.87. The van der Waals surface area contributed by atoms with Crippen LogP contribution in [0.3, 0.4) is 0 Å². The van der Waals surface area contributed by atoms with E-state index in [2.05, 4.69) is 36.1 Å². The molecule has 0 saturated heterocycles. The van der Waals surface area contributed by atoms with Gasteiger partial charge in [0.1, 0.15) is 11.9 Å². The number of carbonyl (C=O) groups excluding carboxylic acids is 1. The summed E-state index contributed by atoms with van der Waals surface area (Å²) in [5.74, 6) is 0.851. The van der Waals surface area contributed by atoms with Gasteiger partial charge in [-0.2, -0.15) is 0 Å². The van der Waals surface area contributed by atoms with Crippen molar-refractivity contribution >= 4 is 12.1 Å². The van der Waals surface area contributed by atoms with Crippen LogP contribution in [0, 0.1) is 11.3 Å². The van der Waals surface area contributed by atoms with E-state index in [-0.39, 0.29) is 23.3 Å². The molecule has 0 radical (unpaired) electrons. The van der Waals surface area contributed by atoms with Crippen molar-refractivity contribution < 1.29 is 4.79 Å². The Morgan fingerprint density at radius 1 is 1.38 bits per heavy atom. The van der Waals surface area contributed by atoms with Crippen LogP contribution in [0.1, 0.15) is 47.4 Å². The average Bonchev–Trinajstić information content (AvgIpc) is 2.73. The smallest absolute Gasteiger partial charge is 0.245 e. The largest absolute Gasteiger partial charge is 0.351 e. The first-order chi connectivity index (χ1) is 9.62. The summed E-state index contributed by atoms with van der Waals surface area (Å²) in [7, 11) is 1.90. The molecule has 2 atom stereocenters. The molecular weight excluding hydrogens is 264 g/mol. The van der Waals surface area contributed by atoms with E-state index < -0.39 is 6.04 Å². The molecule has 0 fully saturated rings. The van der Waals surface area contributed by atoms with E-state index in [1.807, 2.05) is 38.6 Å². The quantitative estimate of drug-likeness (QED) is 0.847. The lowest BCUT2D eigenvalue weighted by Gasteiger charge is -2.29. The van der Waals surface area contributed by atoms with Gasteiger partial charge in [0.25, 0.3) is 0 Å². The maximum absolute atomic E-state index is 12.4. The molecule has 1 aromatic rings. The molecule has 0 aliphatic rings. The van der Waals surface area contributed by atoms with Crippen LogP contribution in [-0.4, -0.2) is 33.8 Å². The van der Waals surface area contributed by atoms with Crippen LogP contribution in [-0.2, 0) is 11.8 Å². The lowest BCUT2D eigenvalue weighted by Crippen LogP contribution is -2.46. The molecule has 0 spiro atoms. The van der Waals surface area contributed by atoms with E-state index in [4.69, 9.17) is 0 Å². The number of hydrogen-bond acceptors (Lipinski definition) is 3. The second-order valence-electron chi connectivity index (χ2n) is 6.96. The maximum Gasteiger partial charge on any atom is 0.245 e. The van der Waals surface area contributed by atoms with Gasteiger partial charge in [0, 0.05) is 25.5 Å². The van der Waals surface area contributed by atoms with E-state index in [1.165, 1.54) is 0 Å². The first-order valence-electron chi connectivity index (χ1n) is 7.43. The van der Waals surface area contributed by atoms with Gasteiger partial charge >= 0.3 is 0 Å². The number of carbonyl (C=O) groups is 1. The van der Waals surface area contributed by atoms with E-state index in [0.717, 1.165) is 5.82 Å². The van der Waals surface area contributed by atoms with Crippen molar-refractivity contribution in [3.8, 4) is 0 Å². The minimum Gasteiger partial charge on any atom is -0.351 e. The third kappa shape index (κ3) is 4.99. The first-order valence-corrected chi connectivity index (χ1v) is 7.43. The van der Waals surface area contributed by atoms with Gasteiger partial charge in [-0.15, -0.1) is 0 Å². The third-order valence-electron chi connectivity index (χ3n) is 3.77. The average molecular weight is 292 g/mol. The number of rotatable bonds is 5. The Hall–Kier alpha value is -1.65. The Balaban J connectivity index is 2.80. The Labute approximate surface area is 127 Å². The summed E-state index contributed by atoms with van der Waals surface area (Å²) in [6.07, 6.45) is 5.24. The lowest BCUT2D eigenvalue weighted by molar-refractivity contribution is -0.124. The molecule has 0 aliphatic carbocycles. The molecule has 0 aromatic carbocycles. The number of imidazole rings is 1. The predicted molar refractivity (Wildman–Crippen MR) is 86.5 cm³/mol. The van der Waals surface area contributed by atoms with Gasteiger partial charge in [-0.05, 0) is 18.3 Å². The van der Waals surface area contributed by atoms with Crippen molar-refractivity contribution in [3.63, 3.8) is 0 Å². The number of nitrogens with zero attached hydrogens (tertiary/aromatic N) is 3. The Morgan fingerprint density at radius 2 is 2.00 bits per heavy atom. The summed E-state index contributed by atoms with van der Waals surface area (Å²) in [6, 6.07) is -0.305.